The number of thioether (sulfide) groups is 1. The van der Waals surface area contributed by atoms with E-state index < -0.39 is 0 Å². The molecule has 1 aliphatic carbocycles. The summed E-state index contributed by atoms with van der Waals surface area (Å²) in [6, 6.07) is 0. The Bertz CT molecular complexity index is 524. The molecule has 1 aromatic heterocycles. The van der Waals surface area contributed by atoms with Gasteiger partial charge in [-0.25, -0.2) is 0 Å². The maximum Gasteiger partial charge on any atom is 0.233 e. The smallest absolute Gasteiger partial charge is 0.233 e. The number of carbonyl (C=O) groups excluding carboxylic acids is 1. The second-order valence-electron chi connectivity index (χ2n) is 6.00. The molecule has 1 aromatic rings. The van der Waals surface area contributed by atoms with E-state index in [2.05, 4.69) is 27.0 Å². The summed E-state index contributed by atoms with van der Waals surface area (Å²) in [5.74, 6) is 1.70. The molecule has 1 saturated heterocycles. The van der Waals surface area contributed by atoms with Crippen molar-refractivity contribution in [1.82, 2.24) is 20.1 Å². The second-order valence-corrected chi connectivity index (χ2v) is 7.31. The molecule has 7 heteroatoms. The summed E-state index contributed by atoms with van der Waals surface area (Å²) in [6.07, 6.45) is 4.73. The van der Waals surface area contributed by atoms with Crippen molar-refractivity contribution in [3.63, 3.8) is 0 Å². The van der Waals surface area contributed by atoms with Gasteiger partial charge in [0.25, 0.3) is 0 Å². The first-order valence-corrected chi connectivity index (χ1v) is 9.06. The fraction of sp³-hybridized carbons (Fsp3) is 0.800. The molecule has 3 rings (SSSR count). The molecular formula is C15H24N4O2S. The summed E-state index contributed by atoms with van der Waals surface area (Å²) in [4.78, 5) is 12.2. The number of rotatable bonds is 7. The van der Waals surface area contributed by atoms with Gasteiger partial charge in [0.1, 0.15) is 5.82 Å². The van der Waals surface area contributed by atoms with Gasteiger partial charge in [0.15, 0.2) is 5.16 Å². The topological polar surface area (TPSA) is 69.0 Å². The summed E-state index contributed by atoms with van der Waals surface area (Å²) >= 11 is 1.49. The lowest BCUT2D eigenvalue weighted by atomic mass is 10.2. The Morgan fingerprint density at radius 1 is 1.45 bits per heavy atom. The van der Waals surface area contributed by atoms with E-state index in [0.29, 0.717) is 12.5 Å². The van der Waals surface area contributed by atoms with Crippen molar-refractivity contribution in [1.29, 1.82) is 0 Å². The molecule has 0 spiro atoms. The molecule has 1 amide bonds. The molecule has 2 atom stereocenters. The Kier molecular flexibility index (Phi) is 5.03. The molecule has 2 fully saturated rings. The van der Waals surface area contributed by atoms with Crippen LogP contribution < -0.4 is 5.32 Å². The van der Waals surface area contributed by atoms with Crippen molar-refractivity contribution < 1.29 is 9.53 Å². The molecule has 6 nitrogen and oxygen atoms in total. The summed E-state index contributed by atoms with van der Waals surface area (Å²) in [5.41, 5.74) is 0. The molecule has 1 aliphatic heterocycles. The number of hydrogen-bond acceptors (Lipinski definition) is 5. The molecule has 22 heavy (non-hydrogen) atoms. The van der Waals surface area contributed by atoms with Crippen LogP contribution in [0.2, 0.25) is 0 Å². The van der Waals surface area contributed by atoms with Crippen molar-refractivity contribution in [2.45, 2.75) is 68.5 Å². The number of nitrogens with one attached hydrogen (secondary N) is 1. The third kappa shape index (κ3) is 3.63. The van der Waals surface area contributed by atoms with Crippen molar-refractivity contribution >= 4 is 17.7 Å². The van der Waals surface area contributed by atoms with E-state index in [0.717, 1.165) is 37.0 Å². The quantitative estimate of drug-likeness (QED) is 0.776. The summed E-state index contributed by atoms with van der Waals surface area (Å²) in [6.45, 7) is 6.29. The normalized spacial score (nSPS) is 22.7. The fourth-order valence-corrected chi connectivity index (χ4v) is 3.65. The molecule has 0 unspecified atom stereocenters. The van der Waals surface area contributed by atoms with Gasteiger partial charge < -0.3 is 14.6 Å². The Morgan fingerprint density at radius 3 is 2.91 bits per heavy atom. The van der Waals surface area contributed by atoms with E-state index in [-0.39, 0.29) is 17.3 Å². The van der Waals surface area contributed by atoms with E-state index >= 15 is 0 Å². The highest BCUT2D eigenvalue weighted by molar-refractivity contribution is 8.00. The van der Waals surface area contributed by atoms with Crippen molar-refractivity contribution in [2.24, 2.45) is 0 Å². The maximum atomic E-state index is 12.2. The van der Waals surface area contributed by atoms with Crippen LogP contribution in [-0.4, -0.2) is 45.2 Å². The first kappa shape index (κ1) is 15.8. The predicted octanol–water partition coefficient (Wildman–Crippen LogP) is 1.95. The second kappa shape index (κ2) is 7.00. The zero-order chi connectivity index (χ0) is 15.5. The Morgan fingerprint density at radius 2 is 2.27 bits per heavy atom. The van der Waals surface area contributed by atoms with Gasteiger partial charge >= 0.3 is 0 Å². The van der Waals surface area contributed by atoms with Gasteiger partial charge in [0.05, 0.1) is 11.4 Å². The molecule has 0 radical (unpaired) electrons. The van der Waals surface area contributed by atoms with Crippen LogP contribution in [0.25, 0.3) is 0 Å². The summed E-state index contributed by atoms with van der Waals surface area (Å²) < 4.78 is 7.67. The van der Waals surface area contributed by atoms with Gasteiger partial charge in [-0.1, -0.05) is 11.8 Å². The van der Waals surface area contributed by atoms with Gasteiger partial charge in [0, 0.05) is 25.6 Å². The monoisotopic (exact) mass is 324 g/mol. The Hall–Kier alpha value is -1.08. The third-order valence-electron chi connectivity index (χ3n) is 4.18. The van der Waals surface area contributed by atoms with E-state index in [9.17, 15) is 4.79 Å². The minimum atomic E-state index is -0.178. The van der Waals surface area contributed by atoms with E-state index in [1.165, 1.54) is 24.6 Å². The van der Waals surface area contributed by atoms with E-state index in [1.807, 2.05) is 6.92 Å². The Labute approximate surface area is 135 Å². The molecule has 1 saturated carbocycles. The van der Waals surface area contributed by atoms with Crippen LogP contribution in [0.1, 0.15) is 51.3 Å². The minimum absolute atomic E-state index is 0.0409. The molecule has 2 heterocycles. The molecule has 1 N–H and O–H groups in total. The molecule has 0 aromatic carbocycles. The predicted molar refractivity (Wildman–Crippen MR) is 85.0 cm³/mol. The van der Waals surface area contributed by atoms with Gasteiger partial charge in [-0.2, -0.15) is 0 Å². The van der Waals surface area contributed by atoms with Crippen LogP contribution in [0, 0.1) is 0 Å². The van der Waals surface area contributed by atoms with Crippen LogP contribution in [0.3, 0.4) is 0 Å². The molecule has 122 valence electrons. The highest BCUT2D eigenvalue weighted by atomic mass is 32.2. The highest BCUT2D eigenvalue weighted by Crippen LogP contribution is 2.40. The fourth-order valence-electron chi connectivity index (χ4n) is 2.70. The summed E-state index contributed by atoms with van der Waals surface area (Å²) in [7, 11) is 0. The SMILES string of the molecule is CCn1c(S[C@H](C)C(=O)NC[C@H]2CCCO2)nnc1C1CC1. The largest absolute Gasteiger partial charge is 0.376 e. The lowest BCUT2D eigenvalue weighted by Gasteiger charge is -2.15. The van der Waals surface area contributed by atoms with E-state index in [4.69, 9.17) is 4.74 Å². The standard InChI is InChI=1S/C15H24N4O2S/c1-3-19-13(11-6-7-11)17-18-15(19)22-10(2)14(20)16-9-12-5-4-8-21-12/h10-12H,3-9H2,1-2H3,(H,16,20)/t10-,12-/m1/s1. The van der Waals surface area contributed by atoms with Crippen LogP contribution >= 0.6 is 11.8 Å². The number of nitrogens with zero attached hydrogens (tertiary/aromatic N) is 3. The minimum Gasteiger partial charge on any atom is -0.376 e. The third-order valence-corrected chi connectivity index (χ3v) is 5.26. The Balaban J connectivity index is 1.54. The number of aromatic nitrogens is 3. The van der Waals surface area contributed by atoms with Crippen LogP contribution in [0.5, 0.6) is 0 Å². The van der Waals surface area contributed by atoms with E-state index in [1.54, 1.807) is 0 Å². The zero-order valence-corrected chi connectivity index (χ0v) is 14.1. The highest BCUT2D eigenvalue weighted by Gasteiger charge is 2.30. The van der Waals surface area contributed by atoms with Gasteiger partial charge in [0.2, 0.25) is 5.91 Å². The van der Waals surface area contributed by atoms with Crippen LogP contribution in [0.4, 0.5) is 0 Å². The molecular weight excluding hydrogens is 300 g/mol. The number of carbonyl (C=O) groups is 1. The van der Waals surface area contributed by atoms with Gasteiger partial charge in [-0.05, 0) is 39.5 Å². The first-order valence-electron chi connectivity index (χ1n) is 8.18. The number of amides is 1. The van der Waals surface area contributed by atoms with Crippen molar-refractivity contribution in [3.8, 4) is 0 Å². The van der Waals surface area contributed by atoms with Crippen LogP contribution in [-0.2, 0) is 16.1 Å². The maximum absolute atomic E-state index is 12.2. The molecule has 2 aliphatic rings. The van der Waals surface area contributed by atoms with Crippen LogP contribution in [0.15, 0.2) is 5.16 Å². The van der Waals surface area contributed by atoms with Gasteiger partial charge in [-0.15, -0.1) is 10.2 Å². The van der Waals surface area contributed by atoms with Crippen molar-refractivity contribution in [2.75, 3.05) is 13.2 Å². The van der Waals surface area contributed by atoms with Crippen molar-refractivity contribution in [3.05, 3.63) is 5.82 Å². The number of ether oxygens (including phenoxy) is 1. The lowest BCUT2D eigenvalue weighted by Crippen LogP contribution is -2.36. The molecule has 0 bridgehead atoms. The first-order chi connectivity index (χ1) is 10.7. The lowest BCUT2D eigenvalue weighted by molar-refractivity contribution is -0.120. The van der Waals surface area contributed by atoms with Gasteiger partial charge in [-0.3, -0.25) is 4.79 Å². The number of hydrogen-bond donors (Lipinski definition) is 1. The average Bonchev–Trinajstić information content (AvgIpc) is 3.08. The zero-order valence-electron chi connectivity index (χ0n) is 13.2. The average molecular weight is 324 g/mol. The summed E-state index contributed by atoms with van der Waals surface area (Å²) in [5, 5.41) is 12.2.